The molecule has 0 saturated carbocycles. The second-order valence-corrected chi connectivity index (χ2v) is 6.98. The molecule has 122 valence electrons. The third-order valence-corrected chi connectivity index (χ3v) is 4.84. The van der Waals surface area contributed by atoms with Gasteiger partial charge in [-0.05, 0) is 42.0 Å². The summed E-state index contributed by atoms with van der Waals surface area (Å²) >= 11 is 18.8. The molecule has 2 N–H and O–H groups in total. The highest BCUT2D eigenvalue weighted by Gasteiger charge is 2.03. The maximum absolute atomic E-state index is 13.1. The highest BCUT2D eigenvalue weighted by atomic mass is 35.5. The number of thiocarbonyl (C=S) groups is 1. The summed E-state index contributed by atoms with van der Waals surface area (Å²) in [5.74, 6) is 1.29. The van der Waals surface area contributed by atoms with Gasteiger partial charge in [0.1, 0.15) is 5.82 Å². The van der Waals surface area contributed by atoms with Crippen molar-refractivity contribution in [3.05, 3.63) is 63.9 Å². The smallest absolute Gasteiger partial charge is 0.170 e. The van der Waals surface area contributed by atoms with Crippen molar-refractivity contribution in [2.75, 3.05) is 17.6 Å². The van der Waals surface area contributed by atoms with E-state index in [2.05, 4.69) is 10.6 Å². The van der Waals surface area contributed by atoms with Crippen molar-refractivity contribution >= 4 is 58.0 Å². The molecular formula is C16H15Cl2FN2S2. The predicted molar refractivity (Wildman–Crippen MR) is 103 cm³/mol. The second kappa shape index (κ2) is 9.33. The summed E-state index contributed by atoms with van der Waals surface area (Å²) in [5.41, 5.74) is 1.78. The first-order chi connectivity index (χ1) is 11.1. The van der Waals surface area contributed by atoms with E-state index < -0.39 is 5.82 Å². The molecule has 2 rings (SSSR count). The molecule has 0 bridgehead atoms. The quantitative estimate of drug-likeness (QED) is 0.514. The minimum absolute atomic E-state index is 0.0631. The zero-order chi connectivity index (χ0) is 16.7. The van der Waals surface area contributed by atoms with Crippen LogP contribution in [-0.4, -0.2) is 17.4 Å². The Hall–Kier alpha value is -1.01. The molecule has 0 atom stereocenters. The van der Waals surface area contributed by atoms with Crippen molar-refractivity contribution in [2.24, 2.45) is 0 Å². The van der Waals surface area contributed by atoms with E-state index in [4.69, 9.17) is 35.4 Å². The lowest BCUT2D eigenvalue weighted by Crippen LogP contribution is -2.30. The molecule has 2 aromatic rings. The molecular weight excluding hydrogens is 374 g/mol. The van der Waals surface area contributed by atoms with Crippen molar-refractivity contribution in [3.8, 4) is 0 Å². The Kier molecular flexibility index (Phi) is 7.43. The van der Waals surface area contributed by atoms with Gasteiger partial charge in [-0.25, -0.2) is 4.39 Å². The molecule has 0 aliphatic heterocycles. The largest absolute Gasteiger partial charge is 0.362 e. The number of anilines is 1. The van der Waals surface area contributed by atoms with Gasteiger partial charge in [0.15, 0.2) is 5.11 Å². The minimum Gasteiger partial charge on any atom is -0.362 e. The molecule has 2 nitrogen and oxygen atoms in total. The van der Waals surface area contributed by atoms with Gasteiger partial charge in [-0.15, -0.1) is 0 Å². The van der Waals surface area contributed by atoms with E-state index in [9.17, 15) is 4.39 Å². The van der Waals surface area contributed by atoms with Crippen LogP contribution in [0.15, 0.2) is 42.5 Å². The molecule has 0 aromatic heterocycles. The van der Waals surface area contributed by atoms with Gasteiger partial charge in [0.05, 0.1) is 5.02 Å². The molecule has 0 spiro atoms. The Morgan fingerprint density at radius 3 is 2.65 bits per heavy atom. The Labute approximate surface area is 154 Å². The molecule has 7 heteroatoms. The molecule has 0 aliphatic rings. The topological polar surface area (TPSA) is 24.1 Å². The minimum atomic E-state index is -0.452. The summed E-state index contributed by atoms with van der Waals surface area (Å²) < 4.78 is 13.1. The summed E-state index contributed by atoms with van der Waals surface area (Å²) in [6.45, 7) is 0.718. The summed E-state index contributed by atoms with van der Waals surface area (Å²) in [4.78, 5) is 0. The maximum atomic E-state index is 13.1. The van der Waals surface area contributed by atoms with Crippen molar-refractivity contribution in [1.29, 1.82) is 0 Å². The van der Waals surface area contributed by atoms with E-state index in [-0.39, 0.29) is 5.02 Å². The fourth-order valence-electron chi connectivity index (χ4n) is 1.78. The fourth-order valence-corrected chi connectivity index (χ4v) is 3.33. The Bertz CT molecular complexity index is 683. The normalized spacial score (nSPS) is 10.4. The summed E-state index contributed by atoms with van der Waals surface area (Å²) in [5, 5.41) is 7.39. The van der Waals surface area contributed by atoms with E-state index in [1.807, 2.05) is 24.3 Å². The molecule has 23 heavy (non-hydrogen) atoms. The standard InChI is InChI=1S/C16H15Cl2FN2S2/c17-13-4-2-1-3-11(13)10-23-8-7-20-16(22)21-12-5-6-15(19)14(18)9-12/h1-6,9H,7-8,10H2,(H2,20,21,22). The zero-order valence-electron chi connectivity index (χ0n) is 12.1. The first-order valence-electron chi connectivity index (χ1n) is 6.87. The predicted octanol–water partition coefficient (Wildman–Crippen LogP) is 5.35. The molecule has 0 unspecified atom stereocenters. The van der Waals surface area contributed by atoms with Crippen LogP contribution in [0.25, 0.3) is 0 Å². The van der Waals surface area contributed by atoms with E-state index in [1.165, 1.54) is 12.1 Å². The van der Waals surface area contributed by atoms with Crippen molar-refractivity contribution < 1.29 is 4.39 Å². The van der Waals surface area contributed by atoms with Crippen LogP contribution in [0.3, 0.4) is 0 Å². The van der Waals surface area contributed by atoms with Gasteiger partial charge < -0.3 is 10.6 Å². The summed E-state index contributed by atoms with van der Waals surface area (Å²) in [6.07, 6.45) is 0. The Balaban J connectivity index is 1.67. The Morgan fingerprint density at radius 1 is 1.13 bits per heavy atom. The lowest BCUT2D eigenvalue weighted by atomic mass is 10.2. The van der Waals surface area contributed by atoms with E-state index >= 15 is 0 Å². The van der Waals surface area contributed by atoms with Gasteiger partial charge in [0.2, 0.25) is 0 Å². The average molecular weight is 389 g/mol. The molecule has 0 amide bonds. The first kappa shape index (κ1) is 18.3. The van der Waals surface area contributed by atoms with Crippen molar-refractivity contribution in [2.45, 2.75) is 5.75 Å². The number of benzene rings is 2. The zero-order valence-corrected chi connectivity index (χ0v) is 15.3. The number of hydrogen-bond donors (Lipinski definition) is 2. The van der Waals surface area contributed by atoms with Crippen LogP contribution < -0.4 is 10.6 Å². The monoisotopic (exact) mass is 388 g/mol. The third kappa shape index (κ3) is 6.18. The van der Waals surface area contributed by atoms with Crippen LogP contribution in [0, 0.1) is 5.82 Å². The van der Waals surface area contributed by atoms with Crippen LogP contribution in [0.4, 0.5) is 10.1 Å². The average Bonchev–Trinajstić information content (AvgIpc) is 2.52. The van der Waals surface area contributed by atoms with Crippen LogP contribution in [0.5, 0.6) is 0 Å². The number of thioether (sulfide) groups is 1. The maximum Gasteiger partial charge on any atom is 0.170 e. The molecule has 0 radical (unpaired) electrons. The lowest BCUT2D eigenvalue weighted by Gasteiger charge is -2.11. The van der Waals surface area contributed by atoms with Crippen LogP contribution >= 0.6 is 47.2 Å². The highest BCUT2D eigenvalue weighted by Crippen LogP contribution is 2.21. The van der Waals surface area contributed by atoms with Crippen LogP contribution in [0.1, 0.15) is 5.56 Å². The van der Waals surface area contributed by atoms with Crippen LogP contribution in [-0.2, 0) is 5.75 Å². The highest BCUT2D eigenvalue weighted by molar-refractivity contribution is 7.98. The SMILES string of the molecule is Fc1ccc(NC(=S)NCCSCc2ccccc2Cl)cc1Cl. The van der Waals surface area contributed by atoms with Gasteiger partial charge >= 0.3 is 0 Å². The first-order valence-corrected chi connectivity index (χ1v) is 9.19. The van der Waals surface area contributed by atoms with Gasteiger partial charge in [0, 0.05) is 28.8 Å². The molecule has 0 heterocycles. The molecule has 0 saturated heterocycles. The van der Waals surface area contributed by atoms with Gasteiger partial charge in [-0.3, -0.25) is 0 Å². The number of rotatable bonds is 6. The van der Waals surface area contributed by atoms with Crippen LogP contribution in [0.2, 0.25) is 10.0 Å². The number of hydrogen-bond acceptors (Lipinski definition) is 2. The van der Waals surface area contributed by atoms with E-state index in [0.29, 0.717) is 10.8 Å². The molecule has 0 fully saturated rings. The third-order valence-electron chi connectivity index (χ3n) is 2.92. The van der Waals surface area contributed by atoms with Gasteiger partial charge in [-0.2, -0.15) is 11.8 Å². The van der Waals surface area contributed by atoms with Crippen molar-refractivity contribution in [3.63, 3.8) is 0 Å². The lowest BCUT2D eigenvalue weighted by molar-refractivity contribution is 0.628. The number of nitrogens with one attached hydrogen (secondary N) is 2. The molecule has 0 aliphatic carbocycles. The van der Waals surface area contributed by atoms with E-state index in [0.717, 1.165) is 28.6 Å². The van der Waals surface area contributed by atoms with Gasteiger partial charge in [-0.1, -0.05) is 41.4 Å². The van der Waals surface area contributed by atoms with E-state index in [1.54, 1.807) is 17.8 Å². The second-order valence-electron chi connectivity index (χ2n) is 4.65. The molecule has 2 aromatic carbocycles. The fraction of sp³-hybridized carbons (Fsp3) is 0.188. The summed E-state index contributed by atoms with van der Waals surface area (Å²) in [7, 11) is 0. The number of halogens is 3. The summed E-state index contributed by atoms with van der Waals surface area (Å²) in [6, 6.07) is 12.2. The van der Waals surface area contributed by atoms with Gasteiger partial charge in [0.25, 0.3) is 0 Å². The Morgan fingerprint density at radius 2 is 1.91 bits per heavy atom. The van der Waals surface area contributed by atoms with Crippen molar-refractivity contribution in [1.82, 2.24) is 5.32 Å².